The average Bonchev–Trinajstić information content (AvgIpc) is 2.79. The van der Waals surface area contributed by atoms with Crippen molar-refractivity contribution in [3.8, 4) is 11.5 Å². The molecule has 0 fully saturated rings. The standard InChI is InChI=1S/C12H12ClN3O2/c1-3-8(7(2)17)12-15-11(16-18-12)10-9(13)5-4-6-14-10/h4-6,8H,3H2,1-2H3. The van der Waals surface area contributed by atoms with E-state index < -0.39 is 0 Å². The van der Waals surface area contributed by atoms with Crippen molar-refractivity contribution in [2.24, 2.45) is 0 Å². The van der Waals surface area contributed by atoms with Gasteiger partial charge in [-0.15, -0.1) is 0 Å². The Kier molecular flexibility index (Phi) is 3.72. The first-order chi connectivity index (χ1) is 8.63. The van der Waals surface area contributed by atoms with E-state index in [9.17, 15) is 4.79 Å². The van der Waals surface area contributed by atoms with Crippen LogP contribution in [-0.4, -0.2) is 20.9 Å². The number of carbonyl (C=O) groups is 1. The highest BCUT2D eigenvalue weighted by atomic mass is 35.5. The predicted molar refractivity (Wildman–Crippen MR) is 66.3 cm³/mol. The fraction of sp³-hybridized carbons (Fsp3) is 0.333. The van der Waals surface area contributed by atoms with E-state index in [1.807, 2.05) is 6.92 Å². The van der Waals surface area contributed by atoms with Gasteiger partial charge >= 0.3 is 0 Å². The average molecular weight is 266 g/mol. The molecule has 0 aromatic carbocycles. The number of halogens is 1. The lowest BCUT2D eigenvalue weighted by Crippen LogP contribution is -2.07. The highest BCUT2D eigenvalue weighted by Gasteiger charge is 2.22. The monoisotopic (exact) mass is 265 g/mol. The van der Waals surface area contributed by atoms with Crippen molar-refractivity contribution in [3.63, 3.8) is 0 Å². The summed E-state index contributed by atoms with van der Waals surface area (Å²) in [5.74, 6) is 0.241. The van der Waals surface area contributed by atoms with E-state index in [2.05, 4.69) is 15.1 Å². The van der Waals surface area contributed by atoms with Crippen molar-refractivity contribution in [2.75, 3.05) is 0 Å². The van der Waals surface area contributed by atoms with Gasteiger partial charge in [0.05, 0.1) is 10.9 Å². The maximum absolute atomic E-state index is 11.4. The van der Waals surface area contributed by atoms with Gasteiger partial charge in [-0.2, -0.15) is 4.98 Å². The van der Waals surface area contributed by atoms with Crippen molar-refractivity contribution < 1.29 is 9.32 Å². The topological polar surface area (TPSA) is 68.9 Å². The first-order valence-electron chi connectivity index (χ1n) is 5.58. The molecule has 0 N–H and O–H groups in total. The summed E-state index contributed by atoms with van der Waals surface area (Å²) in [6.45, 7) is 3.40. The molecule has 0 aliphatic heterocycles. The van der Waals surface area contributed by atoms with Crippen LogP contribution >= 0.6 is 11.6 Å². The predicted octanol–water partition coefficient (Wildman–Crippen LogP) is 2.87. The maximum Gasteiger partial charge on any atom is 0.237 e. The molecule has 2 heterocycles. The molecule has 18 heavy (non-hydrogen) atoms. The zero-order valence-electron chi connectivity index (χ0n) is 10.1. The zero-order valence-corrected chi connectivity index (χ0v) is 10.8. The van der Waals surface area contributed by atoms with E-state index in [1.165, 1.54) is 6.92 Å². The normalized spacial score (nSPS) is 12.4. The Bertz CT molecular complexity index is 568. The minimum absolute atomic E-state index is 0.000169. The smallest absolute Gasteiger partial charge is 0.237 e. The highest BCUT2D eigenvalue weighted by molar-refractivity contribution is 6.32. The number of rotatable bonds is 4. The summed E-state index contributed by atoms with van der Waals surface area (Å²) in [7, 11) is 0. The number of hydrogen-bond acceptors (Lipinski definition) is 5. The van der Waals surface area contributed by atoms with Crippen LogP contribution < -0.4 is 0 Å². The molecule has 94 valence electrons. The second-order valence-electron chi connectivity index (χ2n) is 3.86. The molecule has 2 aromatic heterocycles. The lowest BCUT2D eigenvalue weighted by Gasteiger charge is -2.03. The fourth-order valence-corrected chi connectivity index (χ4v) is 1.87. The number of aromatic nitrogens is 3. The van der Waals surface area contributed by atoms with Crippen molar-refractivity contribution >= 4 is 17.4 Å². The summed E-state index contributed by atoms with van der Waals surface area (Å²) < 4.78 is 5.11. The molecule has 0 bridgehead atoms. The Hall–Kier alpha value is -1.75. The van der Waals surface area contributed by atoms with Gasteiger partial charge in [-0.05, 0) is 25.5 Å². The van der Waals surface area contributed by atoms with Crippen LogP contribution in [0.5, 0.6) is 0 Å². The maximum atomic E-state index is 11.4. The first kappa shape index (κ1) is 12.7. The van der Waals surface area contributed by atoms with Gasteiger partial charge in [0, 0.05) is 6.20 Å². The van der Waals surface area contributed by atoms with Crippen molar-refractivity contribution in [3.05, 3.63) is 29.2 Å². The van der Waals surface area contributed by atoms with Crippen LogP contribution in [0.15, 0.2) is 22.9 Å². The van der Waals surface area contributed by atoms with Crippen LogP contribution in [0.3, 0.4) is 0 Å². The molecule has 0 aliphatic rings. The number of nitrogens with zero attached hydrogens (tertiary/aromatic N) is 3. The van der Waals surface area contributed by atoms with E-state index in [4.69, 9.17) is 16.1 Å². The summed E-state index contributed by atoms with van der Waals surface area (Å²) in [5, 5.41) is 4.26. The van der Waals surface area contributed by atoms with E-state index in [0.717, 1.165) is 0 Å². The Balaban J connectivity index is 2.36. The lowest BCUT2D eigenvalue weighted by atomic mass is 10.0. The first-order valence-corrected chi connectivity index (χ1v) is 5.96. The molecule has 0 saturated heterocycles. The van der Waals surface area contributed by atoms with Gasteiger partial charge in [0.1, 0.15) is 11.5 Å². The van der Waals surface area contributed by atoms with Crippen molar-refractivity contribution in [2.45, 2.75) is 26.2 Å². The summed E-state index contributed by atoms with van der Waals surface area (Å²) in [6, 6.07) is 3.42. The van der Waals surface area contributed by atoms with E-state index in [0.29, 0.717) is 28.9 Å². The quantitative estimate of drug-likeness (QED) is 0.850. The Morgan fingerprint density at radius 1 is 1.56 bits per heavy atom. The van der Waals surface area contributed by atoms with Gasteiger partial charge < -0.3 is 4.52 Å². The highest BCUT2D eigenvalue weighted by Crippen LogP contribution is 2.25. The zero-order chi connectivity index (χ0) is 13.1. The van der Waals surface area contributed by atoms with Crippen LogP contribution in [0.2, 0.25) is 5.02 Å². The van der Waals surface area contributed by atoms with Gasteiger partial charge in [0.2, 0.25) is 11.7 Å². The minimum Gasteiger partial charge on any atom is -0.338 e. The number of Topliss-reactive ketones (excluding diaryl/α,β-unsaturated/α-hetero) is 1. The summed E-state index contributed by atoms with van der Waals surface area (Å²) in [5.41, 5.74) is 0.451. The largest absolute Gasteiger partial charge is 0.338 e. The Morgan fingerprint density at radius 2 is 2.33 bits per heavy atom. The molecular formula is C12H12ClN3O2. The molecule has 2 rings (SSSR count). The number of hydrogen-bond donors (Lipinski definition) is 0. The molecule has 6 heteroatoms. The van der Waals surface area contributed by atoms with E-state index in [-0.39, 0.29) is 11.7 Å². The second-order valence-corrected chi connectivity index (χ2v) is 4.27. The summed E-state index contributed by atoms with van der Waals surface area (Å²) >= 11 is 5.99. The molecule has 0 amide bonds. The molecule has 1 atom stereocenters. The molecular weight excluding hydrogens is 254 g/mol. The fourth-order valence-electron chi connectivity index (χ4n) is 1.66. The number of pyridine rings is 1. The third-order valence-electron chi connectivity index (χ3n) is 2.61. The Morgan fingerprint density at radius 3 is 2.94 bits per heavy atom. The van der Waals surface area contributed by atoms with Crippen LogP contribution in [-0.2, 0) is 4.79 Å². The molecule has 5 nitrogen and oxygen atoms in total. The van der Waals surface area contributed by atoms with Crippen molar-refractivity contribution in [1.29, 1.82) is 0 Å². The molecule has 0 radical (unpaired) electrons. The van der Waals surface area contributed by atoms with Gasteiger partial charge in [-0.1, -0.05) is 23.7 Å². The van der Waals surface area contributed by atoms with Gasteiger partial charge in [-0.25, -0.2) is 0 Å². The van der Waals surface area contributed by atoms with Crippen LogP contribution in [0.4, 0.5) is 0 Å². The third kappa shape index (κ3) is 2.41. The molecule has 0 spiro atoms. The third-order valence-corrected chi connectivity index (χ3v) is 2.91. The van der Waals surface area contributed by atoms with Gasteiger partial charge in [0.15, 0.2) is 0 Å². The second kappa shape index (κ2) is 5.27. The molecule has 0 saturated carbocycles. The van der Waals surface area contributed by atoms with Crippen LogP contribution in [0.25, 0.3) is 11.5 Å². The summed E-state index contributed by atoms with van der Waals surface area (Å²) in [6.07, 6.45) is 2.21. The van der Waals surface area contributed by atoms with Gasteiger partial charge in [0.25, 0.3) is 0 Å². The molecule has 0 aliphatic carbocycles. The summed E-state index contributed by atoms with van der Waals surface area (Å²) in [4.78, 5) is 19.7. The number of carbonyl (C=O) groups excluding carboxylic acids is 1. The Labute approximate surface area is 109 Å². The van der Waals surface area contributed by atoms with Crippen LogP contribution in [0.1, 0.15) is 32.1 Å². The van der Waals surface area contributed by atoms with E-state index >= 15 is 0 Å². The van der Waals surface area contributed by atoms with Gasteiger partial charge in [-0.3, -0.25) is 9.78 Å². The number of ketones is 1. The van der Waals surface area contributed by atoms with E-state index in [1.54, 1.807) is 18.3 Å². The SMILES string of the molecule is CCC(C(C)=O)c1nc(-c2ncccc2Cl)no1. The lowest BCUT2D eigenvalue weighted by molar-refractivity contribution is -0.119. The van der Waals surface area contributed by atoms with Crippen LogP contribution in [0, 0.1) is 0 Å². The molecule has 1 unspecified atom stereocenters. The minimum atomic E-state index is -0.367. The van der Waals surface area contributed by atoms with Crippen molar-refractivity contribution in [1.82, 2.24) is 15.1 Å². The molecule has 2 aromatic rings.